The summed E-state index contributed by atoms with van der Waals surface area (Å²) in [5.41, 5.74) is 2.23. The highest BCUT2D eigenvalue weighted by molar-refractivity contribution is 5.22. The molecule has 3 nitrogen and oxygen atoms in total. The van der Waals surface area contributed by atoms with Crippen molar-refractivity contribution in [2.75, 3.05) is 6.61 Å². The minimum atomic E-state index is -0.302. The molecule has 1 aromatic carbocycles. The zero-order valence-electron chi connectivity index (χ0n) is 8.64. The topological polar surface area (TPSA) is 42.2 Å². The van der Waals surface area contributed by atoms with E-state index in [4.69, 9.17) is 14.7 Å². The molecular formula is C12H13NO2. The van der Waals surface area contributed by atoms with E-state index in [0.29, 0.717) is 13.0 Å². The van der Waals surface area contributed by atoms with Crippen LogP contribution < -0.4 is 0 Å². The van der Waals surface area contributed by atoms with Crippen LogP contribution in [-0.2, 0) is 9.47 Å². The molecular weight excluding hydrogens is 190 g/mol. The molecule has 3 heteroatoms. The van der Waals surface area contributed by atoms with Gasteiger partial charge in [0.25, 0.3) is 0 Å². The van der Waals surface area contributed by atoms with Crippen LogP contribution in [0.15, 0.2) is 24.3 Å². The molecule has 1 aliphatic heterocycles. The SMILES string of the molecule is Cc1ccc(C2OCC(CC#N)O2)cc1. The molecule has 1 heterocycles. The maximum absolute atomic E-state index is 8.53. The Bertz CT molecular complexity index is 366. The number of nitriles is 1. The summed E-state index contributed by atoms with van der Waals surface area (Å²) < 4.78 is 11.1. The van der Waals surface area contributed by atoms with Crippen LogP contribution in [0.4, 0.5) is 0 Å². The van der Waals surface area contributed by atoms with Crippen molar-refractivity contribution in [1.29, 1.82) is 5.26 Å². The van der Waals surface area contributed by atoms with Crippen LogP contribution in [0, 0.1) is 18.3 Å². The van der Waals surface area contributed by atoms with Gasteiger partial charge in [-0.15, -0.1) is 0 Å². The van der Waals surface area contributed by atoms with Crippen LogP contribution in [-0.4, -0.2) is 12.7 Å². The average molecular weight is 203 g/mol. The second-order valence-corrected chi connectivity index (χ2v) is 3.70. The number of hydrogen-bond donors (Lipinski definition) is 0. The molecule has 0 amide bonds. The molecule has 0 N–H and O–H groups in total. The van der Waals surface area contributed by atoms with Gasteiger partial charge < -0.3 is 9.47 Å². The van der Waals surface area contributed by atoms with Gasteiger partial charge in [0, 0.05) is 5.56 Å². The maximum Gasteiger partial charge on any atom is 0.184 e. The second kappa shape index (κ2) is 4.43. The van der Waals surface area contributed by atoms with Crippen molar-refractivity contribution in [3.63, 3.8) is 0 Å². The highest BCUT2D eigenvalue weighted by Gasteiger charge is 2.26. The van der Waals surface area contributed by atoms with Crippen LogP contribution >= 0.6 is 0 Å². The van der Waals surface area contributed by atoms with Crippen LogP contribution in [0.3, 0.4) is 0 Å². The predicted molar refractivity (Wildman–Crippen MR) is 55.0 cm³/mol. The minimum absolute atomic E-state index is 0.0821. The standard InChI is InChI=1S/C12H13NO2/c1-9-2-4-10(5-3-9)12-14-8-11(15-12)6-7-13/h2-5,11-12H,6,8H2,1H3. The highest BCUT2D eigenvalue weighted by Crippen LogP contribution is 2.27. The summed E-state index contributed by atoms with van der Waals surface area (Å²) >= 11 is 0. The van der Waals surface area contributed by atoms with Crippen LogP contribution in [0.2, 0.25) is 0 Å². The molecule has 0 spiro atoms. The maximum atomic E-state index is 8.53. The number of hydrogen-bond acceptors (Lipinski definition) is 3. The van der Waals surface area contributed by atoms with E-state index in [1.807, 2.05) is 31.2 Å². The number of nitrogens with zero attached hydrogens (tertiary/aromatic N) is 1. The molecule has 1 saturated heterocycles. The Balaban J connectivity index is 2.02. The van der Waals surface area contributed by atoms with Crippen LogP contribution in [0.25, 0.3) is 0 Å². The van der Waals surface area contributed by atoms with Gasteiger partial charge in [-0.25, -0.2) is 0 Å². The molecule has 0 aliphatic carbocycles. The zero-order valence-corrected chi connectivity index (χ0v) is 8.64. The van der Waals surface area contributed by atoms with Crippen molar-refractivity contribution in [2.45, 2.75) is 25.7 Å². The predicted octanol–water partition coefficient (Wildman–Crippen LogP) is 2.32. The third-order valence-electron chi connectivity index (χ3n) is 2.42. The summed E-state index contributed by atoms with van der Waals surface area (Å²) in [6.45, 7) is 2.55. The molecule has 2 unspecified atom stereocenters. The first-order chi connectivity index (χ1) is 7.29. The van der Waals surface area contributed by atoms with E-state index in [0.717, 1.165) is 5.56 Å². The Kier molecular flexibility index (Phi) is 3.00. The van der Waals surface area contributed by atoms with Crippen molar-refractivity contribution < 1.29 is 9.47 Å². The molecule has 1 aliphatic rings. The molecule has 0 aromatic heterocycles. The van der Waals surface area contributed by atoms with E-state index in [1.54, 1.807) is 0 Å². The molecule has 2 atom stereocenters. The van der Waals surface area contributed by atoms with E-state index < -0.39 is 0 Å². The Morgan fingerprint density at radius 2 is 2.13 bits per heavy atom. The zero-order chi connectivity index (χ0) is 10.7. The first-order valence-electron chi connectivity index (χ1n) is 5.00. The van der Waals surface area contributed by atoms with E-state index in [1.165, 1.54) is 5.56 Å². The van der Waals surface area contributed by atoms with E-state index in [-0.39, 0.29) is 12.4 Å². The lowest BCUT2D eigenvalue weighted by atomic mass is 10.1. The van der Waals surface area contributed by atoms with E-state index in [9.17, 15) is 0 Å². The van der Waals surface area contributed by atoms with Gasteiger partial charge in [0.1, 0.15) is 0 Å². The van der Waals surface area contributed by atoms with Gasteiger partial charge in [0.05, 0.1) is 25.2 Å². The number of ether oxygens (including phenoxy) is 2. The first-order valence-corrected chi connectivity index (χ1v) is 5.00. The van der Waals surface area contributed by atoms with Gasteiger partial charge in [-0.05, 0) is 6.92 Å². The first kappa shape index (κ1) is 10.2. The van der Waals surface area contributed by atoms with Crippen LogP contribution in [0.5, 0.6) is 0 Å². The Morgan fingerprint density at radius 1 is 1.40 bits per heavy atom. The molecule has 15 heavy (non-hydrogen) atoms. The Labute approximate surface area is 89.2 Å². The Morgan fingerprint density at radius 3 is 2.80 bits per heavy atom. The van der Waals surface area contributed by atoms with Gasteiger partial charge in [-0.2, -0.15) is 5.26 Å². The monoisotopic (exact) mass is 203 g/mol. The molecule has 0 radical (unpaired) electrons. The summed E-state index contributed by atoms with van der Waals surface area (Å²) in [6, 6.07) is 10.1. The molecule has 1 aromatic rings. The lowest BCUT2D eigenvalue weighted by Crippen LogP contribution is -2.07. The third kappa shape index (κ3) is 2.35. The number of benzene rings is 1. The lowest BCUT2D eigenvalue weighted by molar-refractivity contribution is -0.0592. The third-order valence-corrected chi connectivity index (χ3v) is 2.42. The fourth-order valence-corrected chi connectivity index (χ4v) is 1.56. The summed E-state index contributed by atoms with van der Waals surface area (Å²) in [5.74, 6) is 0. The second-order valence-electron chi connectivity index (χ2n) is 3.70. The largest absolute Gasteiger partial charge is 0.346 e. The molecule has 78 valence electrons. The van der Waals surface area contributed by atoms with Gasteiger partial charge in [0.2, 0.25) is 0 Å². The summed E-state index contributed by atoms with van der Waals surface area (Å²) in [6.07, 6.45) is 0.00721. The van der Waals surface area contributed by atoms with Crippen molar-refractivity contribution in [2.24, 2.45) is 0 Å². The molecule has 1 fully saturated rings. The van der Waals surface area contributed by atoms with Gasteiger partial charge >= 0.3 is 0 Å². The molecule has 0 saturated carbocycles. The van der Waals surface area contributed by atoms with Crippen LogP contribution in [0.1, 0.15) is 23.8 Å². The summed E-state index contributed by atoms with van der Waals surface area (Å²) in [7, 11) is 0. The summed E-state index contributed by atoms with van der Waals surface area (Å²) in [5, 5.41) is 8.53. The fraction of sp³-hybridized carbons (Fsp3) is 0.417. The Hall–Kier alpha value is -1.37. The van der Waals surface area contributed by atoms with Gasteiger partial charge in [-0.1, -0.05) is 29.8 Å². The summed E-state index contributed by atoms with van der Waals surface area (Å²) in [4.78, 5) is 0. The smallest absolute Gasteiger partial charge is 0.184 e. The van der Waals surface area contributed by atoms with E-state index >= 15 is 0 Å². The van der Waals surface area contributed by atoms with Crippen molar-refractivity contribution in [3.05, 3.63) is 35.4 Å². The molecule has 2 rings (SSSR count). The quantitative estimate of drug-likeness (QED) is 0.740. The van der Waals surface area contributed by atoms with Gasteiger partial charge in [0.15, 0.2) is 6.29 Å². The van der Waals surface area contributed by atoms with E-state index in [2.05, 4.69) is 6.07 Å². The number of rotatable bonds is 2. The average Bonchev–Trinajstić information content (AvgIpc) is 2.68. The van der Waals surface area contributed by atoms with Crippen molar-refractivity contribution in [1.82, 2.24) is 0 Å². The highest BCUT2D eigenvalue weighted by atomic mass is 16.7. The normalized spacial score (nSPS) is 25.1. The number of aryl methyl sites for hydroxylation is 1. The van der Waals surface area contributed by atoms with Crippen molar-refractivity contribution in [3.8, 4) is 6.07 Å². The fourth-order valence-electron chi connectivity index (χ4n) is 1.56. The van der Waals surface area contributed by atoms with Crippen molar-refractivity contribution >= 4 is 0 Å². The molecule has 0 bridgehead atoms. The van der Waals surface area contributed by atoms with Gasteiger partial charge in [-0.3, -0.25) is 0 Å². The minimum Gasteiger partial charge on any atom is -0.346 e. The lowest BCUT2D eigenvalue weighted by Gasteiger charge is -2.10.